The highest BCUT2D eigenvalue weighted by molar-refractivity contribution is 7.13. The predicted octanol–water partition coefficient (Wildman–Crippen LogP) is 3.01. The fourth-order valence-electron chi connectivity index (χ4n) is 2.36. The third-order valence-electron chi connectivity index (χ3n) is 3.71. The molecule has 0 radical (unpaired) electrons. The van der Waals surface area contributed by atoms with Crippen molar-refractivity contribution in [1.82, 2.24) is 20.2 Å². The second-order valence-electron chi connectivity index (χ2n) is 5.64. The minimum Gasteiger partial charge on any atom is -0.335 e. The lowest BCUT2D eigenvalue weighted by Crippen LogP contribution is -2.26. The molecule has 3 aromatic rings. The van der Waals surface area contributed by atoms with E-state index in [1.54, 1.807) is 18.9 Å². The van der Waals surface area contributed by atoms with E-state index in [0.29, 0.717) is 22.8 Å². The number of amides is 1. The zero-order valence-corrected chi connectivity index (χ0v) is 14.6. The van der Waals surface area contributed by atoms with Crippen LogP contribution in [0.4, 0.5) is 0 Å². The molecule has 0 aliphatic rings. The molecule has 24 heavy (non-hydrogen) atoms. The van der Waals surface area contributed by atoms with Crippen LogP contribution in [-0.4, -0.2) is 33.2 Å². The SMILES string of the molecule is Cc1nonc1CN(C)C(=O)c1sc(Cc2ccccc2)nc1C. The fourth-order valence-corrected chi connectivity index (χ4v) is 3.45. The van der Waals surface area contributed by atoms with Gasteiger partial charge in [-0.05, 0) is 19.4 Å². The maximum atomic E-state index is 12.7. The second kappa shape index (κ2) is 6.92. The highest BCUT2D eigenvalue weighted by atomic mass is 32.1. The minimum absolute atomic E-state index is 0.0632. The van der Waals surface area contributed by atoms with Crippen LogP contribution in [0.2, 0.25) is 0 Å². The molecular weight excluding hydrogens is 324 g/mol. The van der Waals surface area contributed by atoms with Crippen LogP contribution in [0.5, 0.6) is 0 Å². The fraction of sp³-hybridized carbons (Fsp3) is 0.294. The van der Waals surface area contributed by atoms with Gasteiger partial charge in [-0.1, -0.05) is 40.6 Å². The number of aromatic nitrogens is 3. The number of thiazole rings is 1. The normalized spacial score (nSPS) is 10.8. The maximum Gasteiger partial charge on any atom is 0.265 e. The summed E-state index contributed by atoms with van der Waals surface area (Å²) in [7, 11) is 1.74. The molecule has 3 rings (SSSR count). The Morgan fingerprint density at radius 2 is 1.92 bits per heavy atom. The zero-order valence-electron chi connectivity index (χ0n) is 13.8. The summed E-state index contributed by atoms with van der Waals surface area (Å²) >= 11 is 1.45. The van der Waals surface area contributed by atoms with E-state index in [9.17, 15) is 4.79 Å². The van der Waals surface area contributed by atoms with E-state index in [1.165, 1.54) is 16.9 Å². The van der Waals surface area contributed by atoms with Crippen LogP contribution in [0.25, 0.3) is 0 Å². The molecule has 2 aromatic heterocycles. The molecule has 6 nitrogen and oxygen atoms in total. The summed E-state index contributed by atoms with van der Waals surface area (Å²) < 4.78 is 4.68. The number of rotatable bonds is 5. The van der Waals surface area contributed by atoms with Crippen molar-refractivity contribution in [3.63, 3.8) is 0 Å². The Kier molecular flexibility index (Phi) is 4.71. The molecule has 0 saturated carbocycles. The van der Waals surface area contributed by atoms with Crippen molar-refractivity contribution in [1.29, 1.82) is 0 Å². The summed E-state index contributed by atoms with van der Waals surface area (Å²) in [5.41, 5.74) is 3.30. The van der Waals surface area contributed by atoms with Gasteiger partial charge in [0.05, 0.1) is 17.2 Å². The third kappa shape index (κ3) is 3.51. The van der Waals surface area contributed by atoms with E-state index in [2.05, 4.69) is 32.1 Å². The van der Waals surface area contributed by atoms with Crippen molar-refractivity contribution in [2.24, 2.45) is 0 Å². The van der Waals surface area contributed by atoms with E-state index >= 15 is 0 Å². The van der Waals surface area contributed by atoms with Crippen LogP contribution in [0.15, 0.2) is 35.0 Å². The number of aryl methyl sites for hydroxylation is 2. The van der Waals surface area contributed by atoms with Crippen LogP contribution in [-0.2, 0) is 13.0 Å². The van der Waals surface area contributed by atoms with Gasteiger partial charge in [-0.3, -0.25) is 4.79 Å². The average molecular weight is 342 g/mol. The van der Waals surface area contributed by atoms with Gasteiger partial charge in [-0.25, -0.2) is 9.61 Å². The first-order chi connectivity index (χ1) is 11.5. The molecule has 0 aliphatic carbocycles. The van der Waals surface area contributed by atoms with Crippen molar-refractivity contribution in [2.75, 3.05) is 7.05 Å². The van der Waals surface area contributed by atoms with Crippen molar-refractivity contribution < 1.29 is 9.42 Å². The molecule has 1 amide bonds. The lowest BCUT2D eigenvalue weighted by molar-refractivity contribution is 0.0785. The molecule has 124 valence electrons. The van der Waals surface area contributed by atoms with Crippen LogP contribution in [0.1, 0.15) is 37.3 Å². The summed E-state index contributed by atoms with van der Waals surface area (Å²) in [6.45, 7) is 4.04. The Labute approximate surface area is 144 Å². The van der Waals surface area contributed by atoms with Crippen molar-refractivity contribution >= 4 is 17.2 Å². The number of nitrogens with zero attached hydrogens (tertiary/aromatic N) is 4. The van der Waals surface area contributed by atoms with E-state index in [-0.39, 0.29) is 5.91 Å². The number of hydrogen-bond donors (Lipinski definition) is 0. The van der Waals surface area contributed by atoms with Gasteiger partial charge in [0.25, 0.3) is 5.91 Å². The summed E-state index contributed by atoms with van der Waals surface area (Å²) in [5.74, 6) is -0.0632. The Bertz CT molecular complexity index is 841. The summed E-state index contributed by atoms with van der Waals surface area (Å²) in [6, 6.07) is 10.1. The second-order valence-corrected chi connectivity index (χ2v) is 6.73. The molecule has 0 atom stereocenters. The topological polar surface area (TPSA) is 72.1 Å². The Morgan fingerprint density at radius 1 is 1.17 bits per heavy atom. The number of carbonyl (C=O) groups excluding carboxylic acids is 1. The number of hydrogen-bond acceptors (Lipinski definition) is 6. The monoisotopic (exact) mass is 342 g/mol. The van der Waals surface area contributed by atoms with Gasteiger partial charge in [0.1, 0.15) is 16.3 Å². The summed E-state index contributed by atoms with van der Waals surface area (Å²) in [6.07, 6.45) is 0.732. The van der Waals surface area contributed by atoms with E-state index in [4.69, 9.17) is 0 Å². The Balaban J connectivity index is 1.74. The molecule has 1 aromatic carbocycles. The van der Waals surface area contributed by atoms with Gasteiger partial charge in [0.15, 0.2) is 0 Å². The Hall–Kier alpha value is -2.54. The van der Waals surface area contributed by atoms with Crippen LogP contribution < -0.4 is 0 Å². The first-order valence-electron chi connectivity index (χ1n) is 7.58. The molecule has 0 N–H and O–H groups in total. The van der Waals surface area contributed by atoms with Crippen LogP contribution in [0, 0.1) is 13.8 Å². The van der Waals surface area contributed by atoms with E-state index < -0.39 is 0 Å². The zero-order chi connectivity index (χ0) is 17.1. The molecule has 0 bridgehead atoms. The van der Waals surface area contributed by atoms with Gasteiger partial charge in [0, 0.05) is 13.5 Å². The van der Waals surface area contributed by atoms with E-state index in [1.807, 2.05) is 25.1 Å². The molecule has 0 aliphatic heterocycles. The Morgan fingerprint density at radius 3 is 2.58 bits per heavy atom. The highest BCUT2D eigenvalue weighted by Gasteiger charge is 2.21. The van der Waals surface area contributed by atoms with Crippen LogP contribution in [0.3, 0.4) is 0 Å². The summed E-state index contributed by atoms with van der Waals surface area (Å²) in [4.78, 5) is 19.5. The lowest BCUT2D eigenvalue weighted by atomic mass is 10.2. The average Bonchev–Trinajstić information content (AvgIpc) is 3.13. The van der Waals surface area contributed by atoms with Gasteiger partial charge in [-0.15, -0.1) is 11.3 Å². The van der Waals surface area contributed by atoms with Gasteiger partial charge >= 0.3 is 0 Å². The molecule has 7 heteroatoms. The molecule has 0 saturated heterocycles. The van der Waals surface area contributed by atoms with Crippen molar-refractivity contribution in [2.45, 2.75) is 26.8 Å². The smallest absolute Gasteiger partial charge is 0.265 e. The van der Waals surface area contributed by atoms with Crippen LogP contribution >= 0.6 is 11.3 Å². The van der Waals surface area contributed by atoms with Crippen molar-refractivity contribution in [3.05, 3.63) is 62.9 Å². The van der Waals surface area contributed by atoms with Crippen molar-refractivity contribution in [3.8, 4) is 0 Å². The molecule has 2 heterocycles. The largest absolute Gasteiger partial charge is 0.335 e. The first kappa shape index (κ1) is 16.3. The third-order valence-corrected chi connectivity index (χ3v) is 4.86. The number of carbonyl (C=O) groups is 1. The van der Waals surface area contributed by atoms with Gasteiger partial charge in [0.2, 0.25) is 0 Å². The molecule has 0 spiro atoms. The first-order valence-corrected chi connectivity index (χ1v) is 8.40. The van der Waals surface area contributed by atoms with E-state index in [0.717, 1.165) is 17.1 Å². The quantitative estimate of drug-likeness (QED) is 0.713. The summed E-state index contributed by atoms with van der Waals surface area (Å²) in [5, 5.41) is 8.50. The lowest BCUT2D eigenvalue weighted by Gasteiger charge is -2.14. The molecule has 0 unspecified atom stereocenters. The standard InChI is InChI=1S/C17H18N4O2S/c1-11-14(20-23-19-11)10-21(3)17(22)16-12(2)18-15(24-16)9-13-7-5-4-6-8-13/h4-8H,9-10H2,1-3H3. The predicted molar refractivity (Wildman–Crippen MR) is 90.9 cm³/mol. The minimum atomic E-state index is -0.0632. The highest BCUT2D eigenvalue weighted by Crippen LogP contribution is 2.22. The maximum absolute atomic E-state index is 12.7. The number of benzene rings is 1. The van der Waals surface area contributed by atoms with Gasteiger partial charge in [-0.2, -0.15) is 0 Å². The molecular formula is C17H18N4O2S. The molecule has 0 fully saturated rings. The van der Waals surface area contributed by atoms with Gasteiger partial charge < -0.3 is 4.90 Å².